The zero-order valence-corrected chi connectivity index (χ0v) is 68.3. The molecule has 0 radical (unpaired) electrons. The molecule has 4 nitrogen and oxygen atoms in total. The SMILES string of the molecule is CC(C)(C)c1cc(-c2cc(-c3cc(C(C)(C)C)cc(C(C)(C)C)c3)nc(-c3cc4c5c(c3)-n3c6ccc(C(C)(C)C)cc6c6c(-c7cc(C(C)(C)C)cc(C(C)(C)C)c7)ccc(c63)B5c3ccc(-c5cc(C(C)(C)C)cc(C(C)(C)C)c5)c5c6cc(C(C)(C)C)ccc6n-4c35)n2)cc(C(C)(C)C)c1. The van der Waals surface area contributed by atoms with Gasteiger partial charge < -0.3 is 9.13 Å². The molecule has 5 heterocycles. The predicted octanol–water partition coefficient (Wildman–Crippen LogP) is 25.1. The molecule has 0 atom stereocenters. The van der Waals surface area contributed by atoms with Crippen LogP contribution in [0, 0.1) is 0 Å². The van der Waals surface area contributed by atoms with Gasteiger partial charge in [0.15, 0.2) is 5.82 Å². The van der Waals surface area contributed by atoms with Gasteiger partial charge in [-0.1, -0.05) is 293 Å². The Balaban J connectivity index is 1.20. The van der Waals surface area contributed by atoms with Crippen molar-refractivity contribution in [1.29, 1.82) is 0 Å². The van der Waals surface area contributed by atoms with Crippen LogP contribution in [0.25, 0.3) is 111 Å². The van der Waals surface area contributed by atoms with Crippen LogP contribution in [0.4, 0.5) is 0 Å². The first-order chi connectivity index (χ1) is 47.3. The molecular formula is C98H115BN4. The van der Waals surface area contributed by atoms with Crippen molar-refractivity contribution in [2.24, 2.45) is 0 Å². The van der Waals surface area contributed by atoms with E-state index in [1.807, 2.05) is 0 Å². The molecule has 3 aromatic heterocycles. The Bertz CT molecular complexity index is 5060. The molecule has 0 fully saturated rings. The van der Waals surface area contributed by atoms with Gasteiger partial charge in [-0.15, -0.1) is 0 Å². The fourth-order valence-electron chi connectivity index (χ4n) is 16.1. The van der Waals surface area contributed by atoms with Crippen LogP contribution >= 0.6 is 0 Å². The Labute approximate surface area is 618 Å². The maximum atomic E-state index is 6.00. The van der Waals surface area contributed by atoms with Crippen molar-refractivity contribution in [1.82, 2.24) is 19.1 Å². The van der Waals surface area contributed by atoms with Crippen molar-refractivity contribution >= 4 is 66.7 Å². The molecule has 2 aliphatic rings. The lowest BCUT2D eigenvalue weighted by molar-refractivity contribution is 0.568. The number of hydrogen-bond donors (Lipinski definition) is 0. The summed E-state index contributed by atoms with van der Waals surface area (Å²) in [5, 5.41) is 5.14. The molecule has 0 aliphatic carbocycles. The number of benzene rings is 9. The molecule has 530 valence electrons. The highest BCUT2D eigenvalue weighted by Crippen LogP contribution is 2.49. The van der Waals surface area contributed by atoms with E-state index in [1.165, 1.54) is 149 Å². The van der Waals surface area contributed by atoms with Crippen LogP contribution in [0.15, 0.2) is 152 Å². The van der Waals surface area contributed by atoms with Crippen LogP contribution in [0.2, 0.25) is 0 Å². The molecular weight excluding hydrogens is 1240 g/mol. The van der Waals surface area contributed by atoms with Gasteiger partial charge in [0.2, 0.25) is 0 Å². The molecule has 2 aliphatic heterocycles. The Hall–Kier alpha value is -8.28. The average molecular weight is 1360 g/mol. The Morgan fingerprint density at radius 1 is 0.252 bits per heavy atom. The third-order valence-corrected chi connectivity index (χ3v) is 23.0. The molecule has 0 unspecified atom stereocenters. The van der Waals surface area contributed by atoms with Crippen molar-refractivity contribution in [2.45, 2.75) is 262 Å². The highest BCUT2D eigenvalue weighted by atomic mass is 15.0. The quantitative estimate of drug-likeness (QED) is 0.161. The normalized spacial score (nSPS) is 14.1. The van der Waals surface area contributed by atoms with Gasteiger partial charge >= 0.3 is 0 Å². The minimum Gasteiger partial charge on any atom is -0.310 e. The fourth-order valence-corrected chi connectivity index (χ4v) is 16.1. The minimum absolute atomic E-state index is 0.0818. The van der Waals surface area contributed by atoms with Gasteiger partial charge in [-0.3, -0.25) is 0 Å². The molecule has 0 amide bonds. The highest BCUT2D eigenvalue weighted by Gasteiger charge is 2.43. The van der Waals surface area contributed by atoms with E-state index in [9.17, 15) is 0 Å². The largest absolute Gasteiger partial charge is 0.310 e. The van der Waals surface area contributed by atoms with Gasteiger partial charge in [0.1, 0.15) is 0 Å². The monoisotopic (exact) mass is 1360 g/mol. The second kappa shape index (κ2) is 23.1. The van der Waals surface area contributed by atoms with Crippen LogP contribution in [-0.4, -0.2) is 25.8 Å². The van der Waals surface area contributed by atoms with E-state index < -0.39 is 0 Å². The topological polar surface area (TPSA) is 35.6 Å². The molecule has 0 bridgehead atoms. The summed E-state index contributed by atoms with van der Waals surface area (Å²) in [4.78, 5) is 12.0. The molecule has 12 aromatic rings. The zero-order chi connectivity index (χ0) is 74.9. The molecule has 0 spiro atoms. The summed E-state index contributed by atoms with van der Waals surface area (Å²) in [6.45, 7) is 70.5. The first-order valence-electron chi connectivity index (χ1n) is 38.3. The third-order valence-electron chi connectivity index (χ3n) is 23.0. The molecule has 0 saturated heterocycles. The van der Waals surface area contributed by atoms with Crippen LogP contribution in [0.5, 0.6) is 0 Å². The number of fused-ring (bicyclic) bond motifs is 10. The number of rotatable bonds is 5. The lowest BCUT2D eigenvalue weighted by atomic mass is 9.34. The van der Waals surface area contributed by atoms with E-state index in [-0.39, 0.29) is 60.9 Å². The molecule has 14 rings (SSSR count). The van der Waals surface area contributed by atoms with Gasteiger partial charge in [0.25, 0.3) is 6.71 Å². The summed E-state index contributed by atoms with van der Waals surface area (Å²) >= 11 is 0. The van der Waals surface area contributed by atoms with E-state index in [0.717, 1.165) is 28.1 Å². The van der Waals surface area contributed by atoms with Gasteiger partial charge in [-0.2, -0.15) is 0 Å². The van der Waals surface area contributed by atoms with Crippen molar-refractivity contribution in [2.75, 3.05) is 0 Å². The van der Waals surface area contributed by atoms with Gasteiger partial charge in [-0.05, 0) is 215 Å². The first kappa shape index (κ1) is 71.7. The first-order valence-corrected chi connectivity index (χ1v) is 38.3. The van der Waals surface area contributed by atoms with Crippen molar-refractivity contribution in [3.8, 4) is 67.5 Å². The van der Waals surface area contributed by atoms with E-state index >= 15 is 0 Å². The van der Waals surface area contributed by atoms with Crippen molar-refractivity contribution in [3.05, 3.63) is 207 Å². The van der Waals surface area contributed by atoms with Gasteiger partial charge in [-0.25, -0.2) is 9.97 Å². The van der Waals surface area contributed by atoms with Crippen LogP contribution < -0.4 is 16.4 Å². The number of hydrogen-bond acceptors (Lipinski definition) is 2. The molecule has 0 N–H and O–H groups in total. The number of aromatic nitrogens is 4. The van der Waals surface area contributed by atoms with Crippen LogP contribution in [0.3, 0.4) is 0 Å². The second-order valence-corrected chi connectivity index (χ2v) is 41.5. The fraction of sp³-hybridized carbons (Fsp3) is 0.408. The van der Waals surface area contributed by atoms with Gasteiger partial charge in [0.05, 0.1) is 22.4 Å². The van der Waals surface area contributed by atoms with Gasteiger partial charge in [0, 0.05) is 60.6 Å². The van der Waals surface area contributed by atoms with E-state index in [4.69, 9.17) is 9.97 Å². The Morgan fingerprint density at radius 3 is 0.796 bits per heavy atom. The standard InChI is InChI=1S/C98H115BN4/c1-89(2,3)61-31-37-79-73(53-61)83-71(56-39-63(91(7,8)9)49-64(40-56)92(10,11)12)33-35-75-86(83)102(79)81-47-60(88-100-77(58-43-67(95(19,20)21)51-68(44-58)96(22,23)24)55-78(101-88)59-45-69(97(25,26)27)52-70(46-59)98(28,29)30)48-82-85(81)99(75)76-36-34-72(57-41-65(93(13,14)15)50-66(42-57)94(16,17)18)84-74-54-62(90(4,5)6)32-38-80(74)103(82)87(76)84/h31-55H,1-30H3. The molecule has 5 heteroatoms. The summed E-state index contributed by atoms with van der Waals surface area (Å²) in [7, 11) is 0. The van der Waals surface area contributed by atoms with E-state index in [0.29, 0.717) is 5.82 Å². The summed E-state index contributed by atoms with van der Waals surface area (Å²) in [6.07, 6.45) is 0. The summed E-state index contributed by atoms with van der Waals surface area (Å²) < 4.78 is 5.38. The zero-order valence-electron chi connectivity index (χ0n) is 68.3. The summed E-state index contributed by atoms with van der Waals surface area (Å²) in [5.41, 5.74) is 33.4. The van der Waals surface area contributed by atoms with Crippen LogP contribution in [-0.2, 0) is 54.1 Å². The predicted molar refractivity (Wildman–Crippen MR) is 450 cm³/mol. The number of nitrogens with zero attached hydrogens (tertiary/aromatic N) is 4. The summed E-state index contributed by atoms with van der Waals surface area (Å²) in [6, 6.07) is 61.7. The maximum absolute atomic E-state index is 6.00. The maximum Gasteiger partial charge on any atom is 0.252 e. The van der Waals surface area contributed by atoms with E-state index in [2.05, 4.69) is 369 Å². The Kier molecular flexibility index (Phi) is 16.1. The second-order valence-electron chi connectivity index (χ2n) is 41.5. The third kappa shape index (κ3) is 12.4. The minimum atomic E-state index is -0.142. The average Bonchev–Trinajstić information content (AvgIpc) is 1.55. The molecule has 0 saturated carbocycles. The van der Waals surface area contributed by atoms with E-state index in [1.54, 1.807) is 0 Å². The molecule has 9 aromatic carbocycles. The van der Waals surface area contributed by atoms with Crippen molar-refractivity contribution < 1.29 is 0 Å². The van der Waals surface area contributed by atoms with Crippen LogP contribution in [0.1, 0.15) is 263 Å². The Morgan fingerprint density at radius 2 is 0.524 bits per heavy atom. The lowest BCUT2D eigenvalue weighted by Crippen LogP contribution is -2.59. The van der Waals surface area contributed by atoms with Crippen molar-refractivity contribution in [3.63, 3.8) is 0 Å². The highest BCUT2D eigenvalue weighted by molar-refractivity contribution is 7.00. The summed E-state index contributed by atoms with van der Waals surface area (Å²) in [5.74, 6) is 0.701. The molecule has 103 heavy (non-hydrogen) atoms. The lowest BCUT2D eigenvalue weighted by Gasteiger charge is -2.34. The smallest absolute Gasteiger partial charge is 0.252 e.